The van der Waals surface area contributed by atoms with Crippen LogP contribution in [0.5, 0.6) is 0 Å². The topological polar surface area (TPSA) is 20.3 Å². The van der Waals surface area contributed by atoms with Gasteiger partial charge in [0, 0.05) is 13.6 Å². The van der Waals surface area contributed by atoms with Crippen LogP contribution in [-0.2, 0) is 16.8 Å². The lowest BCUT2D eigenvalue weighted by Gasteiger charge is -2.33. The summed E-state index contributed by atoms with van der Waals surface area (Å²) in [5, 5.41) is 0. The second-order valence-corrected chi connectivity index (χ2v) is 6.58. The third kappa shape index (κ3) is 3.18. The van der Waals surface area contributed by atoms with Crippen molar-refractivity contribution in [3.8, 4) is 0 Å². The van der Waals surface area contributed by atoms with Crippen LogP contribution in [0.1, 0.15) is 36.8 Å². The van der Waals surface area contributed by atoms with E-state index in [4.69, 9.17) is 0 Å². The Kier molecular flexibility index (Phi) is 4.65. The molecule has 0 saturated heterocycles. The average Bonchev–Trinajstić information content (AvgIpc) is 3.07. The monoisotopic (exact) mass is 329 g/mol. The summed E-state index contributed by atoms with van der Waals surface area (Å²) in [6.07, 6.45) is 3.55. The highest BCUT2D eigenvalue weighted by atomic mass is 19.1. The molecule has 0 aromatic heterocycles. The van der Waals surface area contributed by atoms with E-state index in [1.165, 1.54) is 24.3 Å². The minimum Gasteiger partial charge on any atom is -0.341 e. The van der Waals surface area contributed by atoms with Crippen molar-refractivity contribution in [1.29, 1.82) is 0 Å². The van der Waals surface area contributed by atoms with Crippen molar-refractivity contribution in [3.05, 3.63) is 71.3 Å². The molecule has 2 aromatic carbocycles. The Morgan fingerprint density at radius 3 is 2.00 bits per heavy atom. The number of benzene rings is 2. The lowest BCUT2D eigenvalue weighted by molar-refractivity contribution is -0.136. The number of rotatable bonds is 4. The van der Waals surface area contributed by atoms with Crippen molar-refractivity contribution >= 4 is 5.91 Å². The second-order valence-electron chi connectivity index (χ2n) is 6.58. The third-order valence-electron chi connectivity index (χ3n) is 4.94. The van der Waals surface area contributed by atoms with Gasteiger partial charge in [0.1, 0.15) is 11.6 Å². The minimum absolute atomic E-state index is 0.0518. The van der Waals surface area contributed by atoms with Crippen molar-refractivity contribution < 1.29 is 13.6 Å². The summed E-state index contributed by atoms with van der Waals surface area (Å²) < 4.78 is 26.3. The molecule has 126 valence electrons. The fraction of sp³-hybridized carbons (Fsp3) is 0.350. The first-order chi connectivity index (χ1) is 11.5. The van der Waals surface area contributed by atoms with Gasteiger partial charge in [-0.05, 0) is 48.2 Å². The fourth-order valence-corrected chi connectivity index (χ4v) is 3.67. The first-order valence-corrected chi connectivity index (χ1v) is 8.27. The van der Waals surface area contributed by atoms with E-state index in [0.717, 1.165) is 36.8 Å². The molecule has 1 fully saturated rings. The van der Waals surface area contributed by atoms with Crippen molar-refractivity contribution in [2.24, 2.45) is 0 Å². The van der Waals surface area contributed by atoms with E-state index in [9.17, 15) is 13.6 Å². The number of carbonyl (C=O) groups excluding carboxylic acids is 1. The Balaban J connectivity index is 1.84. The number of amides is 1. The van der Waals surface area contributed by atoms with Crippen LogP contribution in [0.25, 0.3) is 0 Å². The van der Waals surface area contributed by atoms with Crippen LogP contribution in [0.15, 0.2) is 48.5 Å². The van der Waals surface area contributed by atoms with Gasteiger partial charge >= 0.3 is 0 Å². The van der Waals surface area contributed by atoms with Gasteiger partial charge in [0.2, 0.25) is 5.91 Å². The largest absolute Gasteiger partial charge is 0.341 e. The van der Waals surface area contributed by atoms with Crippen molar-refractivity contribution in [2.75, 3.05) is 7.05 Å². The Labute approximate surface area is 141 Å². The molecule has 1 amide bonds. The molecule has 0 spiro atoms. The van der Waals surface area contributed by atoms with E-state index in [1.807, 2.05) is 0 Å². The molecule has 0 bridgehead atoms. The maximum atomic E-state index is 13.3. The van der Waals surface area contributed by atoms with Gasteiger partial charge in [-0.25, -0.2) is 8.78 Å². The maximum Gasteiger partial charge on any atom is 0.233 e. The number of halogens is 2. The lowest BCUT2D eigenvalue weighted by atomic mass is 9.77. The molecule has 4 heteroatoms. The third-order valence-corrected chi connectivity index (χ3v) is 4.94. The number of hydrogen-bond acceptors (Lipinski definition) is 1. The van der Waals surface area contributed by atoms with Gasteiger partial charge in [0.15, 0.2) is 0 Å². The highest BCUT2D eigenvalue weighted by Crippen LogP contribution is 2.42. The predicted molar refractivity (Wildman–Crippen MR) is 89.4 cm³/mol. The molecule has 1 saturated carbocycles. The molecule has 1 aliphatic carbocycles. The van der Waals surface area contributed by atoms with Gasteiger partial charge in [-0.2, -0.15) is 0 Å². The summed E-state index contributed by atoms with van der Waals surface area (Å²) in [6, 6.07) is 12.5. The van der Waals surface area contributed by atoms with E-state index >= 15 is 0 Å². The molecule has 2 aromatic rings. The van der Waals surface area contributed by atoms with Crippen molar-refractivity contribution in [2.45, 2.75) is 37.6 Å². The van der Waals surface area contributed by atoms with E-state index in [0.29, 0.717) is 6.54 Å². The Bertz CT molecular complexity index is 703. The maximum absolute atomic E-state index is 13.3. The first-order valence-electron chi connectivity index (χ1n) is 8.27. The van der Waals surface area contributed by atoms with Gasteiger partial charge in [0.05, 0.1) is 5.41 Å². The molecule has 2 nitrogen and oxygen atoms in total. The fourth-order valence-electron chi connectivity index (χ4n) is 3.67. The van der Waals surface area contributed by atoms with Crippen LogP contribution in [0.2, 0.25) is 0 Å². The SMILES string of the molecule is CN(Cc1ccc(F)cc1)C(=O)C1(c2ccc(F)cc2)CCCC1. The van der Waals surface area contributed by atoms with E-state index < -0.39 is 5.41 Å². The summed E-state index contributed by atoms with van der Waals surface area (Å²) in [7, 11) is 1.77. The van der Waals surface area contributed by atoms with Crippen LogP contribution >= 0.6 is 0 Å². The van der Waals surface area contributed by atoms with E-state index in [1.54, 1.807) is 36.2 Å². The molecular weight excluding hydrogens is 308 g/mol. The molecule has 0 unspecified atom stereocenters. The molecule has 24 heavy (non-hydrogen) atoms. The zero-order valence-corrected chi connectivity index (χ0v) is 13.8. The Morgan fingerprint density at radius 1 is 0.958 bits per heavy atom. The van der Waals surface area contributed by atoms with Gasteiger partial charge in [-0.1, -0.05) is 37.1 Å². The van der Waals surface area contributed by atoms with Gasteiger partial charge in [-0.15, -0.1) is 0 Å². The highest BCUT2D eigenvalue weighted by Gasteiger charge is 2.44. The molecule has 0 N–H and O–H groups in total. The molecular formula is C20H21F2NO. The van der Waals surface area contributed by atoms with E-state index in [2.05, 4.69) is 0 Å². The smallest absolute Gasteiger partial charge is 0.233 e. The zero-order chi connectivity index (χ0) is 17.2. The average molecular weight is 329 g/mol. The molecule has 0 atom stereocenters. The normalized spacial score (nSPS) is 16.1. The standard InChI is InChI=1S/C20H21F2NO/c1-23(14-15-4-8-17(21)9-5-15)19(24)20(12-2-3-13-20)16-6-10-18(22)11-7-16/h4-11H,2-3,12-14H2,1H3. The van der Waals surface area contributed by atoms with Crippen LogP contribution in [0, 0.1) is 11.6 Å². The van der Waals surface area contributed by atoms with Gasteiger partial charge in [-0.3, -0.25) is 4.79 Å². The van der Waals surface area contributed by atoms with Crippen LogP contribution < -0.4 is 0 Å². The molecule has 0 heterocycles. The molecule has 3 rings (SSSR count). The summed E-state index contributed by atoms with van der Waals surface area (Å²) in [5.74, 6) is -0.527. The number of likely N-dealkylation sites (N-methyl/N-ethyl adjacent to an activating group) is 1. The molecule has 0 aliphatic heterocycles. The summed E-state index contributed by atoms with van der Waals surface area (Å²) in [5.41, 5.74) is 1.21. The Hall–Kier alpha value is -2.23. The van der Waals surface area contributed by atoms with Crippen LogP contribution in [0.4, 0.5) is 8.78 Å². The van der Waals surface area contributed by atoms with E-state index in [-0.39, 0.29) is 17.5 Å². The van der Waals surface area contributed by atoms with Gasteiger partial charge < -0.3 is 4.90 Å². The Morgan fingerprint density at radius 2 is 1.46 bits per heavy atom. The number of carbonyl (C=O) groups is 1. The summed E-state index contributed by atoms with van der Waals surface area (Å²) >= 11 is 0. The van der Waals surface area contributed by atoms with Crippen LogP contribution in [0.3, 0.4) is 0 Å². The number of nitrogens with zero attached hydrogens (tertiary/aromatic N) is 1. The highest BCUT2D eigenvalue weighted by molar-refractivity contribution is 5.88. The minimum atomic E-state index is -0.567. The lowest BCUT2D eigenvalue weighted by Crippen LogP contribution is -2.43. The quantitative estimate of drug-likeness (QED) is 0.812. The second kappa shape index (κ2) is 6.71. The zero-order valence-electron chi connectivity index (χ0n) is 13.8. The first kappa shape index (κ1) is 16.6. The van der Waals surface area contributed by atoms with Crippen molar-refractivity contribution in [3.63, 3.8) is 0 Å². The van der Waals surface area contributed by atoms with Crippen molar-refractivity contribution in [1.82, 2.24) is 4.90 Å². The summed E-state index contributed by atoms with van der Waals surface area (Å²) in [4.78, 5) is 14.9. The van der Waals surface area contributed by atoms with Gasteiger partial charge in [0.25, 0.3) is 0 Å². The number of hydrogen-bond donors (Lipinski definition) is 0. The van der Waals surface area contributed by atoms with Crippen LogP contribution in [-0.4, -0.2) is 17.9 Å². The molecule has 0 radical (unpaired) electrons. The summed E-state index contributed by atoms with van der Waals surface area (Å²) in [6.45, 7) is 0.433. The molecule has 1 aliphatic rings. The predicted octanol–water partition coefficient (Wildman–Crippen LogP) is 4.44.